The molecule has 0 radical (unpaired) electrons. The molecule has 27 heteroatoms. The van der Waals surface area contributed by atoms with Gasteiger partial charge in [-0.1, -0.05) is 108 Å². The Kier molecular flexibility index (Phi) is 34.8. The van der Waals surface area contributed by atoms with Crippen molar-refractivity contribution in [3.8, 4) is 29.4 Å². The molecule has 6 heterocycles. The van der Waals surface area contributed by atoms with Crippen LogP contribution in [0, 0.1) is 0 Å². The number of aliphatic hydroxyl groups is 1. The van der Waals surface area contributed by atoms with Crippen LogP contribution in [-0.2, 0) is 16.9 Å². The number of pyridine rings is 5. The number of benzene rings is 5. The number of aromatic nitrogens is 5. The number of isocyanates is 1. The molecule has 0 aliphatic carbocycles. The molecule has 1 fully saturated rings. The number of ketones is 3. The van der Waals surface area contributed by atoms with E-state index in [2.05, 4.69) is 141 Å². The van der Waals surface area contributed by atoms with Crippen LogP contribution in [0.2, 0.25) is 0 Å². The van der Waals surface area contributed by atoms with E-state index < -0.39 is 5.72 Å². The molecule has 0 saturated carbocycles. The summed E-state index contributed by atoms with van der Waals surface area (Å²) in [5.74, 6) is 2.75. The maximum absolute atomic E-state index is 13.4. The highest BCUT2D eigenvalue weighted by Gasteiger charge is 2.51. The van der Waals surface area contributed by atoms with Crippen molar-refractivity contribution in [1.82, 2.24) is 24.9 Å². The average Bonchev–Trinajstić information content (AvgIpc) is 1.59. The number of aryl methyl sites for hydroxylation is 1. The van der Waals surface area contributed by atoms with E-state index in [1.54, 1.807) is 110 Å². The number of nitrogens with two attached hydrogens (primary N) is 1. The minimum Gasteiger partial charge on any atom is -0.481 e. The lowest BCUT2D eigenvalue weighted by Gasteiger charge is -2.32. The molecular formula is C71H64Br7N9O11. The molecule has 5 aromatic carbocycles. The van der Waals surface area contributed by atoms with Gasteiger partial charge in [-0.25, -0.2) is 34.5 Å². The third-order valence-corrected chi connectivity index (χ3v) is 16.8. The fourth-order valence-corrected chi connectivity index (χ4v) is 9.90. The van der Waals surface area contributed by atoms with E-state index in [4.69, 9.17) is 29.4 Å². The van der Waals surface area contributed by atoms with E-state index in [0.717, 1.165) is 44.5 Å². The summed E-state index contributed by atoms with van der Waals surface area (Å²) in [6, 6.07) is 54.1. The number of aliphatic imine (C=N–C) groups is 1. The van der Waals surface area contributed by atoms with Crippen molar-refractivity contribution >= 4 is 164 Å². The fraction of sp³-hybridized carbons (Fsp3) is 0.155. The third kappa shape index (κ3) is 26.8. The summed E-state index contributed by atoms with van der Waals surface area (Å²) in [7, 11) is 7.75. The fourth-order valence-electron chi connectivity index (χ4n) is 8.02. The Morgan fingerprint density at radius 3 is 1.26 bits per heavy atom. The molecule has 20 nitrogen and oxygen atoms in total. The number of nitrogens with zero attached hydrogens (tertiary/aromatic N) is 8. The minimum absolute atomic E-state index is 0.0140. The van der Waals surface area contributed by atoms with E-state index in [9.17, 15) is 29.1 Å². The van der Waals surface area contributed by atoms with Crippen LogP contribution in [-0.4, -0.2) is 107 Å². The maximum Gasteiger partial charge on any atom is 0.331 e. The molecule has 2 amide bonds. The first-order valence-electron chi connectivity index (χ1n) is 28.8. The van der Waals surface area contributed by atoms with E-state index >= 15 is 0 Å². The number of hydrogen-bond donors (Lipinski definition) is 2. The Balaban J connectivity index is 0.000000219. The SMILES string of the molecule is COc1ccc(Br)cn1.COc1ccc(C(=O)CBr)cn1.COc1ccc(C(=O)CCc2ccc(Br)cc2)cn1.COc1ccc(C(C)=O)cn1.COc1ccc(C2(O)CN(c3ccc(Br)cc3)C(=O)N2c2ccc(Br)cc2)cn1.Nc1ccc(Br)cc1.O=C=Nc1ccc(Br)cc1. The van der Waals surface area contributed by atoms with Gasteiger partial charge in [-0.3, -0.25) is 24.2 Å². The van der Waals surface area contributed by atoms with Gasteiger partial charge < -0.3 is 34.5 Å². The van der Waals surface area contributed by atoms with Crippen molar-refractivity contribution in [3.05, 3.63) is 268 Å². The van der Waals surface area contributed by atoms with E-state index in [0.29, 0.717) is 80.5 Å². The van der Waals surface area contributed by atoms with Crippen LogP contribution in [0.1, 0.15) is 55.5 Å². The van der Waals surface area contributed by atoms with Gasteiger partial charge >= 0.3 is 6.03 Å². The summed E-state index contributed by atoms with van der Waals surface area (Å²) in [5.41, 5.74) is 9.96. The predicted molar refractivity (Wildman–Crippen MR) is 404 cm³/mol. The number of anilines is 3. The number of β-amino-alcohol motifs (C(OH)–C–C–N with tert-alkyl or cyclic N) is 1. The molecule has 508 valence electrons. The number of nitrogen functional groups attached to an aromatic ring is 1. The number of urea groups is 1. The van der Waals surface area contributed by atoms with E-state index in [1.165, 1.54) is 57.8 Å². The van der Waals surface area contributed by atoms with Crippen LogP contribution < -0.4 is 39.2 Å². The van der Waals surface area contributed by atoms with Gasteiger partial charge in [0.25, 0.3) is 0 Å². The highest BCUT2D eigenvalue weighted by atomic mass is 79.9. The second-order valence-corrected chi connectivity index (χ2v) is 25.8. The summed E-state index contributed by atoms with van der Waals surface area (Å²) in [6.45, 7) is 1.56. The summed E-state index contributed by atoms with van der Waals surface area (Å²) in [6.07, 6.45) is 10.5. The third-order valence-electron chi connectivity index (χ3n) is 13.1. The molecule has 1 saturated heterocycles. The number of Topliss-reactive ketones (excluding diaryl/α,β-unsaturated/α-hetero) is 3. The van der Waals surface area contributed by atoms with Crippen molar-refractivity contribution < 1.29 is 52.8 Å². The molecule has 3 N–H and O–H groups in total. The van der Waals surface area contributed by atoms with Gasteiger partial charge in [0.15, 0.2) is 23.1 Å². The van der Waals surface area contributed by atoms with Crippen LogP contribution in [0.3, 0.4) is 0 Å². The zero-order valence-corrected chi connectivity index (χ0v) is 64.5. The normalized spacial score (nSPS) is 12.2. The van der Waals surface area contributed by atoms with Crippen molar-refractivity contribution in [2.75, 3.05) is 63.0 Å². The number of carbonyl (C=O) groups excluding carboxylic acids is 5. The van der Waals surface area contributed by atoms with Gasteiger partial charge in [-0.15, -0.1) is 0 Å². The monoisotopic (exact) mass is 1770 g/mol. The Morgan fingerprint density at radius 1 is 0.500 bits per heavy atom. The van der Waals surface area contributed by atoms with Gasteiger partial charge in [0.1, 0.15) is 0 Å². The zero-order chi connectivity index (χ0) is 71.6. The first kappa shape index (κ1) is 80.3. The molecule has 11 rings (SSSR count). The van der Waals surface area contributed by atoms with Crippen LogP contribution in [0.15, 0.2) is 245 Å². The topological polar surface area (TPSA) is 261 Å². The number of alkyl halides is 1. The number of amides is 2. The summed E-state index contributed by atoms with van der Waals surface area (Å²) < 4.78 is 30.4. The predicted octanol–water partition coefficient (Wildman–Crippen LogP) is 17.8. The Bertz CT molecular complexity index is 4120. The van der Waals surface area contributed by atoms with E-state index in [1.807, 2.05) is 103 Å². The van der Waals surface area contributed by atoms with Gasteiger partial charge in [0, 0.05) is 134 Å². The number of carbonyl (C=O) groups is 4. The molecule has 5 aromatic heterocycles. The van der Waals surface area contributed by atoms with Gasteiger partial charge in [0.2, 0.25) is 35.5 Å². The molecule has 0 spiro atoms. The lowest BCUT2D eigenvalue weighted by Crippen LogP contribution is -2.45. The first-order chi connectivity index (χ1) is 47.1. The number of rotatable bonds is 16. The highest BCUT2D eigenvalue weighted by Crippen LogP contribution is 2.41. The van der Waals surface area contributed by atoms with Crippen molar-refractivity contribution in [2.45, 2.75) is 25.5 Å². The number of hydrogen-bond acceptors (Lipinski definition) is 18. The lowest BCUT2D eigenvalue weighted by atomic mass is 10.0. The van der Waals surface area contributed by atoms with Crippen LogP contribution in [0.4, 0.5) is 27.5 Å². The quantitative estimate of drug-likeness (QED) is 0.0299. The standard InChI is InChI=1S/C21H17Br2N3O3.C15H14BrNO2.C8H8BrNO2.C8H9NO2.C7H4BrNO.C6H6BrNO.C6H6BrN/c1-29-19-11-2-14(12-24-19)21(28)13-25(17-7-3-15(22)4-8-17)20(27)26(21)18-9-5-16(23)6-10-18;1-19-15-9-5-12(10-17-15)14(18)8-4-11-2-6-13(16)7-3-11;1-12-8-3-2-6(5-10-8)7(11)4-9;1-6(10)7-3-4-8(11-2)9-5-7;8-6-1-3-7(4-2-6)9-5-10;1-9-6-3-2-5(7)4-8-6;7-5-1-3-6(8)4-2-5/h2-12,28H,13H2,1H3;2-3,5-7,9-10H,4,8H2,1H3;2-3,5H,4H2,1H3;3-5H,1-2H3;1-4H;2-4H,1H3;1-4H,8H2. The second kappa shape index (κ2) is 42.4. The molecule has 98 heavy (non-hydrogen) atoms. The Labute approximate surface area is 626 Å². The summed E-state index contributed by atoms with van der Waals surface area (Å²) in [5, 5.41) is 12.0. The van der Waals surface area contributed by atoms with Crippen molar-refractivity contribution in [3.63, 3.8) is 0 Å². The average molecular weight is 1780 g/mol. The lowest BCUT2D eigenvalue weighted by molar-refractivity contribution is 0.0650. The van der Waals surface area contributed by atoms with Crippen LogP contribution >= 0.6 is 112 Å². The summed E-state index contributed by atoms with van der Waals surface area (Å²) >= 11 is 23.1. The van der Waals surface area contributed by atoms with Gasteiger partial charge in [-0.2, -0.15) is 4.99 Å². The van der Waals surface area contributed by atoms with Gasteiger partial charge in [0.05, 0.1) is 53.1 Å². The van der Waals surface area contributed by atoms with Crippen LogP contribution in [0.5, 0.6) is 29.4 Å². The highest BCUT2D eigenvalue weighted by molar-refractivity contribution is 9.11. The molecule has 1 aliphatic heterocycles. The van der Waals surface area contributed by atoms with Gasteiger partial charge in [-0.05, 0) is 174 Å². The zero-order valence-electron chi connectivity index (χ0n) is 53.4. The molecule has 1 atom stereocenters. The maximum atomic E-state index is 13.4. The van der Waals surface area contributed by atoms with E-state index in [-0.39, 0.29) is 29.9 Å². The Morgan fingerprint density at radius 2 is 0.878 bits per heavy atom. The number of halogens is 7. The first-order valence-corrected chi connectivity index (χ1v) is 34.7. The minimum atomic E-state index is -1.60. The van der Waals surface area contributed by atoms with Crippen molar-refractivity contribution in [1.29, 1.82) is 0 Å². The molecule has 10 aromatic rings. The Hall–Kier alpha value is -8.37. The molecular weight excluding hydrogens is 1710 g/mol. The second-order valence-electron chi connectivity index (χ2n) is 19.7. The number of ether oxygens (including phenoxy) is 5. The van der Waals surface area contributed by atoms with Crippen molar-refractivity contribution in [2.24, 2.45) is 4.99 Å². The molecule has 1 unspecified atom stereocenters. The number of methoxy groups -OCH3 is 5. The largest absolute Gasteiger partial charge is 0.481 e. The van der Waals surface area contributed by atoms with Crippen LogP contribution in [0.25, 0.3) is 0 Å². The molecule has 0 bridgehead atoms. The smallest absolute Gasteiger partial charge is 0.331 e. The molecule has 1 aliphatic rings. The summed E-state index contributed by atoms with van der Waals surface area (Å²) in [4.78, 5) is 83.3.